The van der Waals surface area contributed by atoms with Crippen LogP contribution in [-0.4, -0.2) is 20.5 Å². The average molecular weight is 425 g/mol. The maximum absolute atomic E-state index is 12.8. The van der Waals surface area contributed by atoms with Crippen molar-refractivity contribution in [2.45, 2.75) is 0 Å². The molecule has 0 spiro atoms. The number of hydrogen-bond donors (Lipinski definition) is 1. The first-order chi connectivity index (χ1) is 15.2. The van der Waals surface area contributed by atoms with Crippen LogP contribution in [0.5, 0.6) is 0 Å². The number of rotatable bonds is 4. The van der Waals surface area contributed by atoms with Crippen LogP contribution in [0.3, 0.4) is 0 Å². The molecule has 2 heterocycles. The number of aromatic nitrogens is 3. The SMILES string of the molecule is O=C(Nc1ccc(Cl)cc1)c1cc2nc(-c3ccccc3)cc(-c3ccccc3)n2n1. The van der Waals surface area contributed by atoms with Crippen molar-refractivity contribution < 1.29 is 4.79 Å². The number of amides is 1. The fourth-order valence-corrected chi connectivity index (χ4v) is 3.51. The van der Waals surface area contributed by atoms with E-state index in [0.717, 1.165) is 22.5 Å². The summed E-state index contributed by atoms with van der Waals surface area (Å²) in [5.74, 6) is -0.312. The zero-order valence-corrected chi connectivity index (χ0v) is 17.1. The molecule has 6 heteroatoms. The van der Waals surface area contributed by atoms with Crippen molar-refractivity contribution in [1.29, 1.82) is 0 Å². The molecule has 0 aliphatic carbocycles. The number of fused-ring (bicyclic) bond motifs is 1. The highest BCUT2D eigenvalue weighted by Crippen LogP contribution is 2.26. The Morgan fingerprint density at radius 2 is 1.45 bits per heavy atom. The van der Waals surface area contributed by atoms with Crippen LogP contribution in [0, 0.1) is 0 Å². The summed E-state index contributed by atoms with van der Waals surface area (Å²) in [6.45, 7) is 0. The van der Waals surface area contributed by atoms with E-state index in [1.807, 2.05) is 66.7 Å². The third kappa shape index (κ3) is 3.91. The predicted octanol–water partition coefficient (Wildman–Crippen LogP) is 5.97. The van der Waals surface area contributed by atoms with Crippen LogP contribution in [0.4, 0.5) is 5.69 Å². The van der Waals surface area contributed by atoms with Gasteiger partial charge in [0.15, 0.2) is 11.3 Å². The number of anilines is 1. The third-order valence-electron chi connectivity index (χ3n) is 4.90. The summed E-state index contributed by atoms with van der Waals surface area (Å²) in [6, 6.07) is 30.5. The van der Waals surface area contributed by atoms with Gasteiger partial charge in [0.1, 0.15) is 0 Å². The van der Waals surface area contributed by atoms with Crippen LogP contribution in [0.1, 0.15) is 10.5 Å². The molecule has 5 aromatic rings. The van der Waals surface area contributed by atoms with Gasteiger partial charge < -0.3 is 5.32 Å². The molecule has 0 atom stereocenters. The molecule has 0 aliphatic rings. The van der Waals surface area contributed by atoms with Crippen LogP contribution in [0.2, 0.25) is 5.02 Å². The Labute approximate surface area is 184 Å². The molecule has 0 aliphatic heterocycles. The highest BCUT2D eigenvalue weighted by Gasteiger charge is 2.16. The summed E-state index contributed by atoms with van der Waals surface area (Å²) in [7, 11) is 0. The molecule has 2 aromatic heterocycles. The normalized spacial score (nSPS) is 10.9. The fraction of sp³-hybridized carbons (Fsp3) is 0. The van der Waals surface area contributed by atoms with Gasteiger partial charge in [-0.3, -0.25) is 4.79 Å². The number of carbonyl (C=O) groups is 1. The van der Waals surface area contributed by atoms with E-state index in [0.29, 0.717) is 16.4 Å². The Bertz CT molecular complexity index is 1360. The Hall–Kier alpha value is -3.96. The lowest BCUT2D eigenvalue weighted by Crippen LogP contribution is -2.12. The first-order valence-electron chi connectivity index (χ1n) is 9.76. The second kappa shape index (κ2) is 8.05. The fourth-order valence-electron chi connectivity index (χ4n) is 3.39. The molecule has 0 radical (unpaired) electrons. The Balaban J connectivity index is 1.61. The van der Waals surface area contributed by atoms with Crippen molar-refractivity contribution >= 4 is 28.8 Å². The largest absolute Gasteiger partial charge is 0.321 e. The molecule has 5 rings (SSSR count). The third-order valence-corrected chi connectivity index (χ3v) is 5.15. The molecule has 0 saturated carbocycles. The number of halogens is 1. The van der Waals surface area contributed by atoms with E-state index < -0.39 is 0 Å². The van der Waals surface area contributed by atoms with Gasteiger partial charge in [-0.1, -0.05) is 72.3 Å². The molecular formula is C25H17ClN4O. The minimum absolute atomic E-state index is 0.282. The van der Waals surface area contributed by atoms with Crippen molar-refractivity contribution in [3.8, 4) is 22.5 Å². The van der Waals surface area contributed by atoms with Crippen molar-refractivity contribution in [3.05, 3.63) is 108 Å². The second-order valence-corrected chi connectivity index (χ2v) is 7.46. The van der Waals surface area contributed by atoms with Gasteiger partial charge in [-0.15, -0.1) is 0 Å². The quantitative estimate of drug-likeness (QED) is 0.386. The van der Waals surface area contributed by atoms with Gasteiger partial charge in [-0.05, 0) is 30.3 Å². The van der Waals surface area contributed by atoms with Crippen molar-refractivity contribution in [2.24, 2.45) is 0 Å². The van der Waals surface area contributed by atoms with E-state index in [2.05, 4.69) is 10.4 Å². The van der Waals surface area contributed by atoms with E-state index in [4.69, 9.17) is 16.6 Å². The summed E-state index contributed by atoms with van der Waals surface area (Å²) in [6.07, 6.45) is 0. The molecular weight excluding hydrogens is 408 g/mol. The molecule has 0 saturated heterocycles. The predicted molar refractivity (Wildman–Crippen MR) is 123 cm³/mol. The van der Waals surface area contributed by atoms with Crippen molar-refractivity contribution in [3.63, 3.8) is 0 Å². The summed E-state index contributed by atoms with van der Waals surface area (Å²) >= 11 is 5.92. The summed E-state index contributed by atoms with van der Waals surface area (Å²) in [4.78, 5) is 17.6. The van der Waals surface area contributed by atoms with Crippen molar-refractivity contribution in [2.75, 3.05) is 5.32 Å². The Kier molecular flexibility index (Phi) is 4.94. The van der Waals surface area contributed by atoms with Gasteiger partial charge in [0.05, 0.1) is 11.4 Å². The average Bonchev–Trinajstić information content (AvgIpc) is 3.26. The van der Waals surface area contributed by atoms with Gasteiger partial charge in [0, 0.05) is 27.9 Å². The Morgan fingerprint density at radius 1 is 0.806 bits per heavy atom. The molecule has 0 fully saturated rings. The lowest BCUT2D eigenvalue weighted by atomic mass is 10.1. The van der Waals surface area contributed by atoms with E-state index >= 15 is 0 Å². The summed E-state index contributed by atoms with van der Waals surface area (Å²) in [5.41, 5.74) is 5.18. The van der Waals surface area contributed by atoms with Gasteiger partial charge in [-0.2, -0.15) is 5.10 Å². The molecule has 1 amide bonds. The van der Waals surface area contributed by atoms with E-state index in [-0.39, 0.29) is 11.6 Å². The monoisotopic (exact) mass is 424 g/mol. The van der Waals surface area contributed by atoms with E-state index in [9.17, 15) is 4.79 Å². The van der Waals surface area contributed by atoms with Gasteiger partial charge in [0.2, 0.25) is 0 Å². The maximum Gasteiger partial charge on any atom is 0.276 e. The van der Waals surface area contributed by atoms with Gasteiger partial charge in [-0.25, -0.2) is 9.50 Å². The molecule has 31 heavy (non-hydrogen) atoms. The van der Waals surface area contributed by atoms with Crippen LogP contribution in [0.25, 0.3) is 28.2 Å². The molecule has 5 nitrogen and oxygen atoms in total. The lowest BCUT2D eigenvalue weighted by Gasteiger charge is -2.08. The van der Waals surface area contributed by atoms with Gasteiger partial charge >= 0.3 is 0 Å². The minimum atomic E-state index is -0.312. The molecule has 3 aromatic carbocycles. The van der Waals surface area contributed by atoms with Crippen LogP contribution in [-0.2, 0) is 0 Å². The summed E-state index contributed by atoms with van der Waals surface area (Å²) in [5, 5.41) is 8.01. The number of carbonyl (C=O) groups excluding carboxylic acids is 1. The number of nitrogens with zero attached hydrogens (tertiary/aromatic N) is 3. The van der Waals surface area contributed by atoms with Gasteiger partial charge in [0.25, 0.3) is 5.91 Å². The molecule has 0 unspecified atom stereocenters. The maximum atomic E-state index is 12.8. The van der Waals surface area contributed by atoms with Crippen LogP contribution in [0.15, 0.2) is 97.1 Å². The number of benzene rings is 3. The first kappa shape index (κ1) is 19.0. The number of hydrogen-bond acceptors (Lipinski definition) is 3. The standard InChI is InChI=1S/C25H17ClN4O/c26-19-11-13-20(14-12-19)27-25(31)22-16-24-28-21(17-7-3-1-4-8-17)15-23(30(24)29-22)18-9-5-2-6-10-18/h1-16H,(H,27,31). The zero-order chi connectivity index (χ0) is 21.2. The minimum Gasteiger partial charge on any atom is -0.321 e. The number of nitrogens with one attached hydrogen (secondary N) is 1. The molecule has 1 N–H and O–H groups in total. The highest BCUT2D eigenvalue weighted by atomic mass is 35.5. The Morgan fingerprint density at radius 3 is 2.13 bits per heavy atom. The first-order valence-corrected chi connectivity index (χ1v) is 10.1. The summed E-state index contributed by atoms with van der Waals surface area (Å²) < 4.78 is 1.71. The smallest absolute Gasteiger partial charge is 0.276 e. The van der Waals surface area contributed by atoms with E-state index in [1.165, 1.54) is 0 Å². The van der Waals surface area contributed by atoms with Crippen LogP contribution >= 0.6 is 11.6 Å². The van der Waals surface area contributed by atoms with E-state index in [1.54, 1.807) is 34.8 Å². The topological polar surface area (TPSA) is 59.3 Å². The molecule has 150 valence electrons. The zero-order valence-electron chi connectivity index (χ0n) is 16.4. The lowest BCUT2D eigenvalue weighted by molar-refractivity contribution is 0.102. The van der Waals surface area contributed by atoms with Crippen molar-refractivity contribution in [1.82, 2.24) is 14.6 Å². The van der Waals surface area contributed by atoms with Crippen LogP contribution < -0.4 is 5.32 Å². The molecule has 0 bridgehead atoms. The second-order valence-electron chi connectivity index (χ2n) is 7.02. The highest BCUT2D eigenvalue weighted by molar-refractivity contribution is 6.30.